The number of carbonyl (C=O) groups excluding carboxylic acids is 3. The summed E-state index contributed by atoms with van der Waals surface area (Å²) in [5.74, 6) is -0.688. The van der Waals surface area contributed by atoms with Gasteiger partial charge in [0.1, 0.15) is 6.04 Å². The number of amides is 4. The average molecular weight is 443 g/mol. The van der Waals surface area contributed by atoms with Gasteiger partial charge in [-0.15, -0.1) is 0 Å². The first kappa shape index (κ1) is 25.1. The summed E-state index contributed by atoms with van der Waals surface area (Å²) in [6, 6.07) is 6.11. The van der Waals surface area contributed by atoms with E-state index in [1.54, 1.807) is 35.4 Å². The first-order valence-electron chi connectivity index (χ1n) is 10.9. The number of nitrogens with zero attached hydrogens (tertiary/aromatic N) is 4. The Labute approximate surface area is 190 Å². The Kier molecular flexibility index (Phi) is 9.02. The summed E-state index contributed by atoms with van der Waals surface area (Å²) in [7, 11) is 5.49. The minimum absolute atomic E-state index is 0.151. The van der Waals surface area contributed by atoms with Crippen LogP contribution in [0.1, 0.15) is 43.5 Å². The maximum Gasteiger partial charge on any atom is 0.321 e. The Hall–Kier alpha value is -3.12. The van der Waals surface area contributed by atoms with Gasteiger partial charge in [0.2, 0.25) is 0 Å². The quantitative estimate of drug-likeness (QED) is 0.498. The second-order valence-electron chi connectivity index (χ2n) is 8.84. The Morgan fingerprint density at radius 3 is 2.22 bits per heavy atom. The van der Waals surface area contributed by atoms with Crippen molar-refractivity contribution in [3.05, 3.63) is 29.8 Å². The van der Waals surface area contributed by atoms with Crippen LogP contribution in [0.2, 0.25) is 0 Å². The van der Waals surface area contributed by atoms with E-state index in [1.807, 2.05) is 13.8 Å². The average Bonchev–Trinajstić information content (AvgIpc) is 2.77. The van der Waals surface area contributed by atoms with Crippen molar-refractivity contribution in [1.29, 1.82) is 5.26 Å². The monoisotopic (exact) mass is 442 g/mol. The molecule has 174 valence electrons. The van der Waals surface area contributed by atoms with Gasteiger partial charge in [-0.05, 0) is 63.5 Å². The number of hydrogen-bond donors (Lipinski definition) is 2. The fourth-order valence-corrected chi connectivity index (χ4v) is 3.71. The van der Waals surface area contributed by atoms with Crippen LogP contribution >= 0.6 is 0 Å². The maximum atomic E-state index is 12.7. The summed E-state index contributed by atoms with van der Waals surface area (Å²) < 4.78 is 0. The van der Waals surface area contributed by atoms with Crippen LogP contribution in [0.5, 0.6) is 0 Å². The maximum absolute atomic E-state index is 12.7. The van der Waals surface area contributed by atoms with Crippen molar-refractivity contribution in [2.45, 2.75) is 45.2 Å². The predicted octanol–water partition coefficient (Wildman–Crippen LogP) is 2.33. The van der Waals surface area contributed by atoms with Crippen molar-refractivity contribution in [3.63, 3.8) is 0 Å². The summed E-state index contributed by atoms with van der Waals surface area (Å²) >= 11 is 0. The van der Waals surface area contributed by atoms with E-state index in [1.165, 1.54) is 7.05 Å². The molecule has 1 saturated heterocycles. The summed E-state index contributed by atoms with van der Waals surface area (Å²) in [6.07, 6.45) is 4.09. The number of likely N-dealkylation sites (tertiary alicyclic amines) is 1. The molecule has 1 heterocycles. The van der Waals surface area contributed by atoms with E-state index in [2.05, 4.69) is 29.6 Å². The molecule has 1 atom stereocenters. The minimum Gasteiger partial charge on any atom is -0.340 e. The van der Waals surface area contributed by atoms with Gasteiger partial charge in [-0.25, -0.2) is 4.79 Å². The Morgan fingerprint density at radius 1 is 1.12 bits per heavy atom. The van der Waals surface area contributed by atoms with Crippen molar-refractivity contribution in [3.8, 4) is 6.19 Å². The van der Waals surface area contributed by atoms with Gasteiger partial charge < -0.3 is 20.4 Å². The molecule has 1 aliphatic rings. The third kappa shape index (κ3) is 6.95. The Morgan fingerprint density at radius 2 is 1.72 bits per heavy atom. The lowest BCUT2D eigenvalue weighted by Gasteiger charge is -2.35. The van der Waals surface area contributed by atoms with Crippen LogP contribution < -0.4 is 10.6 Å². The van der Waals surface area contributed by atoms with Gasteiger partial charge in [0.15, 0.2) is 6.19 Å². The van der Waals surface area contributed by atoms with E-state index in [9.17, 15) is 14.4 Å². The van der Waals surface area contributed by atoms with Gasteiger partial charge in [0, 0.05) is 37.4 Å². The molecule has 0 aliphatic carbocycles. The van der Waals surface area contributed by atoms with Crippen molar-refractivity contribution >= 4 is 23.5 Å². The number of carbonyl (C=O) groups is 3. The predicted molar refractivity (Wildman–Crippen MR) is 123 cm³/mol. The highest BCUT2D eigenvalue weighted by Gasteiger charge is 2.26. The number of nitrogens with one attached hydrogen (secondary N) is 2. The molecule has 4 amide bonds. The minimum atomic E-state index is -0.781. The van der Waals surface area contributed by atoms with Crippen molar-refractivity contribution in [1.82, 2.24) is 20.0 Å². The first-order chi connectivity index (χ1) is 15.1. The molecule has 1 unspecified atom stereocenters. The van der Waals surface area contributed by atoms with Crippen LogP contribution in [0, 0.1) is 17.4 Å². The summed E-state index contributed by atoms with van der Waals surface area (Å²) in [5, 5.41) is 14.6. The molecule has 0 bridgehead atoms. The van der Waals surface area contributed by atoms with Gasteiger partial charge in [-0.3, -0.25) is 14.5 Å². The van der Waals surface area contributed by atoms with Crippen LogP contribution in [0.25, 0.3) is 0 Å². The Balaban J connectivity index is 1.96. The molecular weight excluding hydrogens is 408 g/mol. The molecule has 2 N–H and O–H groups in total. The SMILES string of the molecule is CC(C)CC(NC(=O)c1ccc(NC(=O)N2CCC(N(C)C)CC2)cc1)C(=O)N(C)C#N. The molecule has 9 nitrogen and oxygen atoms in total. The van der Waals surface area contributed by atoms with Crippen LogP contribution in [0.3, 0.4) is 0 Å². The van der Waals surface area contributed by atoms with Crippen LogP contribution in [0.4, 0.5) is 10.5 Å². The molecule has 1 aromatic carbocycles. The Bertz CT molecular complexity index is 838. The number of rotatable bonds is 7. The van der Waals surface area contributed by atoms with E-state index < -0.39 is 17.9 Å². The van der Waals surface area contributed by atoms with E-state index in [0.29, 0.717) is 36.8 Å². The van der Waals surface area contributed by atoms with E-state index in [4.69, 9.17) is 5.26 Å². The summed E-state index contributed by atoms with van der Waals surface area (Å²) in [4.78, 5) is 42.5. The zero-order valence-electron chi connectivity index (χ0n) is 19.6. The highest BCUT2D eigenvalue weighted by molar-refractivity contribution is 5.98. The third-order valence-corrected chi connectivity index (χ3v) is 5.67. The molecule has 32 heavy (non-hydrogen) atoms. The normalized spacial score (nSPS) is 15.2. The second kappa shape index (κ2) is 11.5. The molecular formula is C23H34N6O3. The first-order valence-corrected chi connectivity index (χ1v) is 10.9. The molecule has 1 fully saturated rings. The molecule has 0 radical (unpaired) electrons. The lowest BCUT2D eigenvalue weighted by Crippen LogP contribution is -2.46. The molecule has 0 spiro atoms. The fourth-order valence-electron chi connectivity index (χ4n) is 3.71. The smallest absolute Gasteiger partial charge is 0.321 e. The lowest BCUT2D eigenvalue weighted by atomic mass is 10.0. The van der Waals surface area contributed by atoms with E-state index in [0.717, 1.165) is 17.7 Å². The highest BCUT2D eigenvalue weighted by Crippen LogP contribution is 2.17. The molecule has 1 aliphatic heterocycles. The van der Waals surface area contributed by atoms with Gasteiger partial charge in [-0.2, -0.15) is 5.26 Å². The van der Waals surface area contributed by atoms with Crippen molar-refractivity contribution < 1.29 is 14.4 Å². The van der Waals surface area contributed by atoms with Crippen molar-refractivity contribution in [2.75, 3.05) is 39.5 Å². The molecule has 0 aromatic heterocycles. The standard InChI is InChI=1S/C23H34N6O3/c1-16(2)14-20(22(31)28(5)15-24)26-21(30)17-6-8-18(9-7-17)25-23(32)29-12-10-19(11-13-29)27(3)4/h6-9,16,19-20H,10-14H2,1-5H3,(H,25,32)(H,26,30). The summed E-state index contributed by atoms with van der Waals surface area (Å²) in [5.41, 5.74) is 0.969. The molecule has 2 rings (SSSR count). The van der Waals surface area contributed by atoms with Crippen LogP contribution in [-0.2, 0) is 4.79 Å². The number of piperidine rings is 1. The molecule has 0 saturated carbocycles. The molecule has 1 aromatic rings. The van der Waals surface area contributed by atoms with Gasteiger partial charge in [0.05, 0.1) is 0 Å². The van der Waals surface area contributed by atoms with Crippen molar-refractivity contribution in [2.24, 2.45) is 5.92 Å². The fraction of sp³-hybridized carbons (Fsp3) is 0.565. The van der Waals surface area contributed by atoms with E-state index >= 15 is 0 Å². The van der Waals surface area contributed by atoms with Crippen LogP contribution in [0.15, 0.2) is 24.3 Å². The number of urea groups is 1. The van der Waals surface area contributed by atoms with E-state index in [-0.39, 0.29) is 11.9 Å². The number of benzene rings is 1. The third-order valence-electron chi connectivity index (χ3n) is 5.67. The summed E-state index contributed by atoms with van der Waals surface area (Å²) in [6.45, 7) is 5.30. The van der Waals surface area contributed by atoms with Gasteiger partial charge >= 0.3 is 6.03 Å². The zero-order chi connectivity index (χ0) is 23.8. The molecule has 9 heteroatoms. The second-order valence-corrected chi connectivity index (χ2v) is 8.84. The number of nitriles is 1. The topological polar surface area (TPSA) is 109 Å². The number of hydrogen-bond acceptors (Lipinski definition) is 5. The zero-order valence-corrected chi connectivity index (χ0v) is 19.6. The largest absolute Gasteiger partial charge is 0.340 e. The lowest BCUT2D eigenvalue weighted by molar-refractivity contribution is -0.129. The number of likely N-dealkylation sites (N-methyl/N-ethyl adjacent to an activating group) is 1. The van der Waals surface area contributed by atoms with Gasteiger partial charge in [0.25, 0.3) is 11.8 Å². The number of anilines is 1. The highest BCUT2D eigenvalue weighted by atomic mass is 16.2. The van der Waals surface area contributed by atoms with Gasteiger partial charge in [-0.1, -0.05) is 13.8 Å². The van der Waals surface area contributed by atoms with Crippen LogP contribution in [-0.4, -0.2) is 78.9 Å².